The molecule has 1 heterocycles. The zero-order valence-electron chi connectivity index (χ0n) is 16.2. The number of hydrogen-bond acceptors (Lipinski definition) is 4. The SMILES string of the molecule is O=C(C[NH+]1CC[NH+](Cc2ccc(Cl)cc2)CC1)N/N=C\c1cc([N+](=O)[O-])ccc1Cl. The molecule has 1 amide bonds. The summed E-state index contributed by atoms with van der Waals surface area (Å²) in [7, 11) is 0. The number of carbonyl (C=O) groups is 1. The lowest BCUT2D eigenvalue weighted by Gasteiger charge is -2.29. The van der Waals surface area contributed by atoms with E-state index >= 15 is 0 Å². The molecule has 0 spiro atoms. The number of nitrogens with one attached hydrogen (secondary N) is 3. The van der Waals surface area contributed by atoms with Gasteiger partial charge in [0.1, 0.15) is 32.7 Å². The fourth-order valence-electron chi connectivity index (χ4n) is 3.39. The lowest BCUT2D eigenvalue weighted by molar-refractivity contribution is -1.02. The number of amides is 1. The van der Waals surface area contributed by atoms with E-state index in [2.05, 4.69) is 10.5 Å². The molecule has 0 aliphatic carbocycles. The molecule has 0 aromatic heterocycles. The van der Waals surface area contributed by atoms with Crippen LogP contribution in [-0.2, 0) is 11.3 Å². The van der Waals surface area contributed by atoms with E-state index in [0.717, 1.165) is 37.7 Å². The molecular weight excluding hydrogens is 429 g/mol. The molecule has 3 N–H and O–H groups in total. The molecule has 0 unspecified atom stereocenters. The molecule has 2 aromatic rings. The fourth-order valence-corrected chi connectivity index (χ4v) is 3.68. The van der Waals surface area contributed by atoms with Gasteiger partial charge in [-0.25, -0.2) is 5.43 Å². The van der Waals surface area contributed by atoms with E-state index in [0.29, 0.717) is 17.1 Å². The van der Waals surface area contributed by atoms with Gasteiger partial charge in [-0.15, -0.1) is 0 Å². The van der Waals surface area contributed by atoms with Crippen LogP contribution < -0.4 is 15.2 Å². The molecule has 1 aliphatic heterocycles. The van der Waals surface area contributed by atoms with Gasteiger partial charge in [0.25, 0.3) is 11.6 Å². The first-order valence-electron chi connectivity index (χ1n) is 9.58. The van der Waals surface area contributed by atoms with Crippen LogP contribution in [0.1, 0.15) is 11.1 Å². The van der Waals surface area contributed by atoms with Crippen molar-refractivity contribution in [1.29, 1.82) is 0 Å². The first kappa shape index (κ1) is 22.2. The number of hydrogen-bond donors (Lipinski definition) is 3. The minimum atomic E-state index is -0.510. The lowest BCUT2D eigenvalue weighted by atomic mass is 10.2. The number of nitro benzene ring substituents is 1. The molecule has 30 heavy (non-hydrogen) atoms. The minimum Gasteiger partial charge on any atom is -0.322 e. The smallest absolute Gasteiger partial charge is 0.295 e. The highest BCUT2D eigenvalue weighted by Gasteiger charge is 2.24. The van der Waals surface area contributed by atoms with Crippen LogP contribution in [0.15, 0.2) is 47.6 Å². The van der Waals surface area contributed by atoms with E-state index in [1.807, 2.05) is 24.3 Å². The average molecular weight is 452 g/mol. The lowest BCUT2D eigenvalue weighted by Crippen LogP contribution is -3.28. The molecule has 0 saturated carbocycles. The van der Waals surface area contributed by atoms with Crippen molar-refractivity contribution in [3.05, 3.63) is 73.8 Å². The van der Waals surface area contributed by atoms with Crippen molar-refractivity contribution in [2.24, 2.45) is 5.10 Å². The number of carbonyl (C=O) groups excluding carboxylic acids is 1. The monoisotopic (exact) mass is 451 g/mol. The molecule has 1 fully saturated rings. The Labute approximate surface area is 184 Å². The van der Waals surface area contributed by atoms with Crippen molar-refractivity contribution >= 4 is 41.0 Å². The summed E-state index contributed by atoms with van der Waals surface area (Å²) < 4.78 is 0. The molecular formula is C20H23Cl2N5O3+2. The number of quaternary nitrogens is 2. The number of benzene rings is 2. The van der Waals surface area contributed by atoms with E-state index < -0.39 is 4.92 Å². The second-order valence-electron chi connectivity index (χ2n) is 7.24. The van der Waals surface area contributed by atoms with E-state index in [9.17, 15) is 14.9 Å². The first-order valence-corrected chi connectivity index (χ1v) is 10.3. The Morgan fingerprint density at radius 3 is 2.43 bits per heavy atom. The topological polar surface area (TPSA) is 93.5 Å². The van der Waals surface area contributed by atoms with Gasteiger partial charge >= 0.3 is 0 Å². The molecule has 158 valence electrons. The Bertz CT molecular complexity index is 929. The van der Waals surface area contributed by atoms with Crippen LogP contribution in [0.3, 0.4) is 0 Å². The van der Waals surface area contributed by atoms with Gasteiger partial charge in [0.05, 0.1) is 11.1 Å². The highest BCUT2D eigenvalue weighted by Crippen LogP contribution is 2.20. The van der Waals surface area contributed by atoms with Gasteiger partial charge in [0, 0.05) is 33.3 Å². The summed E-state index contributed by atoms with van der Waals surface area (Å²) in [4.78, 5) is 25.2. The number of non-ortho nitro benzene ring substituents is 1. The number of hydrazone groups is 1. The van der Waals surface area contributed by atoms with Crippen molar-refractivity contribution in [3.8, 4) is 0 Å². The third-order valence-corrected chi connectivity index (χ3v) is 5.62. The van der Waals surface area contributed by atoms with Crippen molar-refractivity contribution in [2.75, 3.05) is 32.7 Å². The van der Waals surface area contributed by atoms with Crippen LogP contribution in [0.25, 0.3) is 0 Å². The third kappa shape index (κ3) is 6.50. The summed E-state index contributed by atoms with van der Waals surface area (Å²) in [5.74, 6) is -0.205. The van der Waals surface area contributed by atoms with Gasteiger partial charge in [-0.05, 0) is 18.2 Å². The van der Waals surface area contributed by atoms with E-state index in [1.165, 1.54) is 39.8 Å². The molecule has 1 saturated heterocycles. The maximum Gasteiger partial charge on any atom is 0.295 e. The number of piperazine rings is 1. The second-order valence-corrected chi connectivity index (χ2v) is 8.08. The van der Waals surface area contributed by atoms with Crippen molar-refractivity contribution in [2.45, 2.75) is 6.54 Å². The number of rotatable bonds is 7. The normalized spacial score (nSPS) is 19.0. The Kier molecular flexibility index (Phi) is 7.75. The van der Waals surface area contributed by atoms with E-state index in [-0.39, 0.29) is 11.6 Å². The van der Waals surface area contributed by atoms with Gasteiger partial charge in [0.2, 0.25) is 0 Å². The summed E-state index contributed by atoms with van der Waals surface area (Å²) in [5, 5.41) is 15.8. The standard InChI is InChI=1S/C20H21Cl2N5O3/c21-17-3-1-15(2-4-17)13-25-7-9-26(10-8-25)14-20(28)24-23-12-16-11-18(27(29)30)5-6-19(16)22/h1-6,11-12H,7-10,13-14H2,(H,24,28)/p+2/b23-12-. The zero-order chi connectivity index (χ0) is 21.5. The Morgan fingerprint density at radius 1 is 1.10 bits per heavy atom. The van der Waals surface area contributed by atoms with Gasteiger partial charge < -0.3 is 9.80 Å². The maximum atomic E-state index is 12.2. The fraction of sp³-hybridized carbons (Fsp3) is 0.300. The largest absolute Gasteiger partial charge is 0.322 e. The van der Waals surface area contributed by atoms with E-state index in [1.54, 1.807) is 0 Å². The summed E-state index contributed by atoms with van der Waals surface area (Å²) in [6.45, 7) is 5.04. The van der Waals surface area contributed by atoms with Crippen LogP contribution in [0, 0.1) is 10.1 Å². The third-order valence-electron chi connectivity index (χ3n) is 5.03. The number of halogens is 2. The van der Waals surface area contributed by atoms with Gasteiger partial charge in [-0.3, -0.25) is 14.9 Å². The second kappa shape index (κ2) is 10.5. The average Bonchev–Trinajstić information content (AvgIpc) is 2.72. The zero-order valence-corrected chi connectivity index (χ0v) is 17.7. The number of nitrogens with zero attached hydrogens (tertiary/aromatic N) is 2. The molecule has 1 aliphatic rings. The highest BCUT2D eigenvalue weighted by atomic mass is 35.5. The van der Waals surface area contributed by atoms with Crippen LogP contribution >= 0.6 is 23.2 Å². The summed E-state index contributed by atoms with van der Waals surface area (Å²) in [6, 6.07) is 12.0. The van der Waals surface area contributed by atoms with Gasteiger partial charge in [-0.1, -0.05) is 35.3 Å². The Morgan fingerprint density at radius 2 is 1.77 bits per heavy atom. The van der Waals surface area contributed by atoms with Crippen molar-refractivity contribution in [3.63, 3.8) is 0 Å². The summed E-state index contributed by atoms with van der Waals surface area (Å²) in [5.41, 5.74) is 4.01. The predicted molar refractivity (Wildman–Crippen MR) is 115 cm³/mol. The summed E-state index contributed by atoms with van der Waals surface area (Å²) >= 11 is 11.9. The Hall–Kier alpha value is -2.52. The van der Waals surface area contributed by atoms with Gasteiger partial charge in [-0.2, -0.15) is 5.10 Å². The van der Waals surface area contributed by atoms with Gasteiger partial charge in [0.15, 0.2) is 6.54 Å². The van der Waals surface area contributed by atoms with Crippen LogP contribution in [-0.4, -0.2) is 49.8 Å². The minimum absolute atomic E-state index is 0.0874. The summed E-state index contributed by atoms with van der Waals surface area (Å²) in [6.07, 6.45) is 1.32. The van der Waals surface area contributed by atoms with Crippen LogP contribution in [0.2, 0.25) is 10.0 Å². The first-order chi connectivity index (χ1) is 14.4. The van der Waals surface area contributed by atoms with Crippen molar-refractivity contribution in [1.82, 2.24) is 5.43 Å². The molecule has 2 aromatic carbocycles. The maximum absolute atomic E-state index is 12.2. The number of nitro groups is 1. The molecule has 0 radical (unpaired) electrons. The Balaban J connectivity index is 1.43. The predicted octanol–water partition coefficient (Wildman–Crippen LogP) is 0.335. The van der Waals surface area contributed by atoms with Crippen LogP contribution in [0.4, 0.5) is 5.69 Å². The van der Waals surface area contributed by atoms with Crippen molar-refractivity contribution < 1.29 is 19.5 Å². The molecule has 10 heteroatoms. The molecule has 3 rings (SSSR count). The molecule has 0 atom stereocenters. The van der Waals surface area contributed by atoms with E-state index in [4.69, 9.17) is 23.2 Å². The molecule has 0 bridgehead atoms. The van der Waals surface area contributed by atoms with Crippen LogP contribution in [0.5, 0.6) is 0 Å². The quantitative estimate of drug-likeness (QED) is 0.321. The highest BCUT2D eigenvalue weighted by molar-refractivity contribution is 6.33. The molecule has 8 nitrogen and oxygen atoms in total.